The van der Waals surface area contributed by atoms with Crippen molar-refractivity contribution in [3.05, 3.63) is 30.3 Å². The molecule has 1 aliphatic rings. The van der Waals surface area contributed by atoms with E-state index in [1.54, 1.807) is 6.08 Å². The van der Waals surface area contributed by atoms with Crippen LogP contribution in [0.4, 0.5) is 0 Å². The lowest BCUT2D eigenvalue weighted by atomic mass is 10.2. The lowest BCUT2D eigenvalue weighted by molar-refractivity contribution is -0.191. The van der Waals surface area contributed by atoms with E-state index >= 15 is 0 Å². The Morgan fingerprint density at radius 3 is 2.57 bits per heavy atom. The Hall–Kier alpha value is -2.06. The van der Waals surface area contributed by atoms with Crippen LogP contribution in [0.15, 0.2) is 24.8 Å². The van der Waals surface area contributed by atoms with Crippen LogP contribution in [0.2, 0.25) is 0 Å². The highest BCUT2D eigenvalue weighted by molar-refractivity contribution is 5.55. The van der Waals surface area contributed by atoms with Crippen molar-refractivity contribution in [3.8, 4) is 11.5 Å². The number of carbonyl (C=O) groups excluding carboxylic acids is 2. The summed E-state index contributed by atoms with van der Waals surface area (Å²) in [6, 6.07) is 5.75. The van der Waals surface area contributed by atoms with Gasteiger partial charge in [0.2, 0.25) is 6.79 Å². The van der Waals surface area contributed by atoms with Crippen LogP contribution in [0.1, 0.15) is 5.56 Å². The molecule has 1 aromatic rings. The summed E-state index contributed by atoms with van der Waals surface area (Å²) in [6.45, 7) is 3.99. The van der Waals surface area contributed by atoms with Crippen LogP contribution in [0.3, 0.4) is 0 Å². The average Bonchev–Trinajstić information content (AvgIpc) is 2.65. The highest BCUT2D eigenvalue weighted by Gasteiger charge is 2.11. The first-order valence-electron chi connectivity index (χ1n) is 3.83. The number of benzene rings is 1. The fourth-order valence-corrected chi connectivity index (χ4v) is 1.04. The van der Waals surface area contributed by atoms with Crippen LogP contribution >= 0.6 is 0 Å². The highest BCUT2D eigenvalue weighted by atomic mass is 16.7. The molecule has 0 unspecified atom stereocenters. The Morgan fingerprint density at radius 1 is 1.29 bits per heavy atom. The molecular formula is C10H8O4. The molecule has 0 fully saturated rings. The molecule has 2 rings (SSSR count). The number of ether oxygens (including phenoxy) is 2. The van der Waals surface area contributed by atoms with Crippen molar-refractivity contribution in [3.63, 3.8) is 0 Å². The third-order valence-corrected chi connectivity index (χ3v) is 1.63. The Balaban J connectivity index is 0.000000293. The van der Waals surface area contributed by atoms with E-state index in [0.717, 1.165) is 17.1 Å². The van der Waals surface area contributed by atoms with Crippen LogP contribution in [-0.2, 0) is 9.59 Å². The van der Waals surface area contributed by atoms with Gasteiger partial charge in [-0.3, -0.25) is 0 Å². The topological polar surface area (TPSA) is 52.6 Å². The zero-order valence-corrected chi connectivity index (χ0v) is 7.36. The molecule has 0 bridgehead atoms. The fraction of sp³-hybridized carbons (Fsp3) is 0.100. The fourth-order valence-electron chi connectivity index (χ4n) is 1.04. The molecule has 0 radical (unpaired) electrons. The molecule has 0 atom stereocenters. The van der Waals surface area contributed by atoms with Gasteiger partial charge in [-0.15, -0.1) is 0 Å². The number of fused-ring (bicyclic) bond motifs is 1. The van der Waals surface area contributed by atoms with Gasteiger partial charge in [0.1, 0.15) is 0 Å². The minimum Gasteiger partial charge on any atom is -0.454 e. The lowest BCUT2D eigenvalue weighted by Crippen LogP contribution is -1.92. The van der Waals surface area contributed by atoms with E-state index in [0.29, 0.717) is 6.79 Å². The van der Waals surface area contributed by atoms with E-state index in [9.17, 15) is 0 Å². The van der Waals surface area contributed by atoms with E-state index in [1.807, 2.05) is 18.2 Å². The molecule has 14 heavy (non-hydrogen) atoms. The molecule has 0 saturated heterocycles. The van der Waals surface area contributed by atoms with Crippen molar-refractivity contribution >= 4 is 12.2 Å². The summed E-state index contributed by atoms with van der Waals surface area (Å²) in [4.78, 5) is 16.2. The van der Waals surface area contributed by atoms with E-state index in [2.05, 4.69) is 6.58 Å². The zero-order chi connectivity index (χ0) is 10.4. The smallest absolute Gasteiger partial charge is 0.373 e. The largest absolute Gasteiger partial charge is 0.454 e. The molecule has 0 saturated carbocycles. The molecule has 1 aromatic carbocycles. The minimum atomic E-state index is 0.250. The summed E-state index contributed by atoms with van der Waals surface area (Å²) in [6.07, 6.45) is 2.03. The van der Waals surface area contributed by atoms with Crippen molar-refractivity contribution in [2.24, 2.45) is 0 Å². The predicted molar refractivity (Wildman–Crippen MR) is 47.7 cm³/mol. The SMILES string of the molecule is C=Cc1ccc2c(c1)OCO2.O=C=O. The van der Waals surface area contributed by atoms with E-state index in [1.165, 1.54) is 0 Å². The first-order valence-corrected chi connectivity index (χ1v) is 3.83. The van der Waals surface area contributed by atoms with Crippen LogP contribution in [0.25, 0.3) is 6.08 Å². The Morgan fingerprint density at radius 2 is 1.93 bits per heavy atom. The van der Waals surface area contributed by atoms with Gasteiger partial charge in [0.15, 0.2) is 11.5 Å². The van der Waals surface area contributed by atoms with E-state index < -0.39 is 0 Å². The standard InChI is InChI=1S/C9H8O2.CO2/c1-2-7-3-4-8-9(5-7)11-6-10-8;2-1-3/h2-5H,1,6H2;. The van der Waals surface area contributed by atoms with Crippen molar-refractivity contribution < 1.29 is 19.1 Å². The second kappa shape index (κ2) is 4.84. The summed E-state index contributed by atoms with van der Waals surface area (Å²) in [7, 11) is 0. The molecule has 72 valence electrons. The second-order valence-corrected chi connectivity index (χ2v) is 2.40. The predicted octanol–water partition coefficient (Wildman–Crippen LogP) is 1.47. The van der Waals surface area contributed by atoms with Crippen molar-refractivity contribution in [2.75, 3.05) is 6.79 Å². The molecule has 1 aliphatic heterocycles. The molecule has 1 heterocycles. The Labute approximate surface area is 80.8 Å². The number of hydrogen-bond acceptors (Lipinski definition) is 4. The summed E-state index contributed by atoms with van der Waals surface area (Å²) in [5, 5.41) is 0. The average molecular weight is 192 g/mol. The Kier molecular flexibility index (Phi) is 3.47. The quantitative estimate of drug-likeness (QED) is 0.676. The van der Waals surface area contributed by atoms with Crippen molar-refractivity contribution in [1.29, 1.82) is 0 Å². The first kappa shape index (κ1) is 10.0. The van der Waals surface area contributed by atoms with Gasteiger partial charge >= 0.3 is 6.15 Å². The zero-order valence-electron chi connectivity index (χ0n) is 7.36. The van der Waals surface area contributed by atoms with Crippen LogP contribution in [0.5, 0.6) is 11.5 Å². The van der Waals surface area contributed by atoms with Gasteiger partial charge < -0.3 is 9.47 Å². The highest BCUT2D eigenvalue weighted by Crippen LogP contribution is 2.32. The normalized spacial score (nSPS) is 10.9. The first-order chi connectivity index (χ1) is 6.81. The number of hydrogen-bond donors (Lipinski definition) is 0. The molecule has 0 aromatic heterocycles. The molecule has 0 amide bonds. The van der Waals surface area contributed by atoms with Crippen LogP contribution in [0, 0.1) is 0 Å². The maximum atomic E-state index is 8.12. The minimum absolute atomic E-state index is 0.250. The summed E-state index contributed by atoms with van der Waals surface area (Å²) in [5.74, 6) is 1.62. The molecule has 0 spiro atoms. The third kappa shape index (κ3) is 2.21. The maximum Gasteiger partial charge on any atom is 0.373 e. The van der Waals surface area contributed by atoms with Crippen molar-refractivity contribution in [2.45, 2.75) is 0 Å². The third-order valence-electron chi connectivity index (χ3n) is 1.63. The van der Waals surface area contributed by atoms with E-state index in [-0.39, 0.29) is 6.15 Å². The lowest BCUT2D eigenvalue weighted by Gasteiger charge is -1.95. The van der Waals surface area contributed by atoms with Gasteiger partial charge in [0, 0.05) is 0 Å². The van der Waals surface area contributed by atoms with Crippen LogP contribution in [-0.4, -0.2) is 12.9 Å². The van der Waals surface area contributed by atoms with Gasteiger partial charge in [-0.1, -0.05) is 18.7 Å². The summed E-state index contributed by atoms with van der Waals surface area (Å²) < 4.78 is 10.3. The van der Waals surface area contributed by atoms with E-state index in [4.69, 9.17) is 19.1 Å². The van der Waals surface area contributed by atoms with Crippen molar-refractivity contribution in [1.82, 2.24) is 0 Å². The maximum absolute atomic E-state index is 8.12. The summed E-state index contributed by atoms with van der Waals surface area (Å²) in [5.41, 5.74) is 1.05. The van der Waals surface area contributed by atoms with Gasteiger partial charge in [-0.2, -0.15) is 9.59 Å². The number of rotatable bonds is 1. The molecule has 4 nitrogen and oxygen atoms in total. The molecular weight excluding hydrogens is 184 g/mol. The molecule has 0 aliphatic carbocycles. The molecule has 4 heteroatoms. The molecule has 0 N–H and O–H groups in total. The van der Waals surface area contributed by atoms with Crippen LogP contribution < -0.4 is 9.47 Å². The summed E-state index contributed by atoms with van der Waals surface area (Å²) >= 11 is 0. The Bertz CT molecular complexity index is 364. The second-order valence-electron chi connectivity index (χ2n) is 2.40. The van der Waals surface area contributed by atoms with Gasteiger partial charge in [0.25, 0.3) is 0 Å². The van der Waals surface area contributed by atoms with Gasteiger partial charge in [-0.05, 0) is 17.7 Å². The van der Waals surface area contributed by atoms with Gasteiger partial charge in [-0.25, -0.2) is 0 Å². The van der Waals surface area contributed by atoms with Gasteiger partial charge in [0.05, 0.1) is 0 Å². The monoisotopic (exact) mass is 192 g/mol.